The van der Waals surface area contributed by atoms with Crippen molar-refractivity contribution in [3.63, 3.8) is 0 Å². The van der Waals surface area contributed by atoms with E-state index >= 15 is 0 Å². The van der Waals surface area contributed by atoms with Gasteiger partial charge in [-0.2, -0.15) is 0 Å². The van der Waals surface area contributed by atoms with Crippen molar-refractivity contribution in [1.29, 1.82) is 0 Å². The Morgan fingerprint density at radius 1 is 1.33 bits per heavy atom. The molecule has 0 saturated carbocycles. The summed E-state index contributed by atoms with van der Waals surface area (Å²) in [6.45, 7) is 3.90. The van der Waals surface area contributed by atoms with E-state index in [0.29, 0.717) is 0 Å². The summed E-state index contributed by atoms with van der Waals surface area (Å²) in [5.74, 6) is 0.774. The van der Waals surface area contributed by atoms with E-state index in [1.165, 1.54) is 43.4 Å². The number of aryl methyl sites for hydroxylation is 1. The normalized spacial score (nSPS) is 25.0. The molecule has 1 aromatic rings. The maximum atomic E-state index is 3.70. The van der Waals surface area contributed by atoms with Crippen LogP contribution in [0.15, 0.2) is 22.7 Å². The maximum Gasteiger partial charge on any atom is 0.0213 e. The molecule has 1 saturated heterocycles. The lowest BCUT2D eigenvalue weighted by Crippen LogP contribution is -2.39. The zero-order valence-electron chi connectivity index (χ0n) is 8.88. The van der Waals surface area contributed by atoms with Crippen LogP contribution in [0.5, 0.6) is 0 Å². The van der Waals surface area contributed by atoms with Crippen molar-refractivity contribution >= 4 is 15.9 Å². The van der Waals surface area contributed by atoms with E-state index in [0.717, 1.165) is 5.92 Å². The molecule has 15 heavy (non-hydrogen) atoms. The van der Waals surface area contributed by atoms with Crippen molar-refractivity contribution in [3.05, 3.63) is 33.8 Å². The fourth-order valence-electron chi connectivity index (χ4n) is 2.79. The van der Waals surface area contributed by atoms with Gasteiger partial charge in [0, 0.05) is 11.0 Å². The van der Waals surface area contributed by atoms with E-state index in [2.05, 4.69) is 39.0 Å². The van der Waals surface area contributed by atoms with Gasteiger partial charge >= 0.3 is 0 Å². The molecule has 1 aromatic carbocycles. The predicted molar refractivity (Wildman–Crippen MR) is 66.3 cm³/mol. The molecule has 1 nitrogen and oxygen atoms in total. The summed E-state index contributed by atoms with van der Waals surface area (Å²) in [5, 5.41) is 0. The molecular weight excluding hydrogens is 250 g/mol. The largest absolute Gasteiger partial charge is 0.303 e. The first-order valence-corrected chi connectivity index (χ1v) is 6.63. The molecule has 0 aromatic heterocycles. The molecule has 0 radical (unpaired) electrons. The minimum Gasteiger partial charge on any atom is -0.303 e. The summed E-state index contributed by atoms with van der Waals surface area (Å²) in [6.07, 6.45) is 4.01. The topological polar surface area (TPSA) is 3.24 Å². The van der Waals surface area contributed by atoms with Crippen LogP contribution in [0.4, 0.5) is 0 Å². The van der Waals surface area contributed by atoms with Crippen molar-refractivity contribution in [2.24, 2.45) is 0 Å². The van der Waals surface area contributed by atoms with Gasteiger partial charge in [0.15, 0.2) is 0 Å². The third-order valence-corrected chi connectivity index (χ3v) is 4.43. The molecule has 2 heteroatoms. The number of fused-ring (bicyclic) bond motifs is 1. The van der Waals surface area contributed by atoms with Crippen molar-refractivity contribution in [3.8, 4) is 0 Å². The lowest BCUT2D eigenvalue weighted by atomic mass is 9.99. The van der Waals surface area contributed by atoms with Crippen LogP contribution in [0.1, 0.15) is 29.9 Å². The highest BCUT2D eigenvalue weighted by atomic mass is 79.9. The zero-order chi connectivity index (χ0) is 10.3. The molecule has 2 aliphatic rings. The van der Waals surface area contributed by atoms with Crippen LogP contribution >= 0.6 is 15.9 Å². The Kier molecular flexibility index (Phi) is 2.57. The van der Waals surface area contributed by atoms with Gasteiger partial charge in [0.1, 0.15) is 0 Å². The third kappa shape index (κ3) is 1.74. The van der Waals surface area contributed by atoms with Crippen molar-refractivity contribution in [2.75, 3.05) is 19.6 Å². The summed E-state index contributed by atoms with van der Waals surface area (Å²) < 4.78 is 1.32. The van der Waals surface area contributed by atoms with Gasteiger partial charge in [0.25, 0.3) is 0 Å². The lowest BCUT2D eigenvalue weighted by molar-refractivity contribution is 0.169. The number of rotatable bonds is 2. The third-order valence-electron chi connectivity index (χ3n) is 3.74. The van der Waals surface area contributed by atoms with Crippen LogP contribution in [0.25, 0.3) is 0 Å². The van der Waals surface area contributed by atoms with Crippen molar-refractivity contribution in [1.82, 2.24) is 4.90 Å². The average Bonchev–Trinajstić information content (AvgIpc) is 2.56. The maximum absolute atomic E-state index is 3.70. The molecule has 1 aliphatic carbocycles. The van der Waals surface area contributed by atoms with Gasteiger partial charge in [0.05, 0.1) is 0 Å². The van der Waals surface area contributed by atoms with Crippen molar-refractivity contribution < 1.29 is 0 Å². The second-order valence-corrected chi connectivity index (χ2v) is 5.56. The van der Waals surface area contributed by atoms with Gasteiger partial charge in [-0.25, -0.2) is 0 Å². The van der Waals surface area contributed by atoms with Crippen LogP contribution in [0, 0.1) is 0 Å². The van der Waals surface area contributed by atoms with E-state index in [-0.39, 0.29) is 0 Å². The Morgan fingerprint density at radius 2 is 2.20 bits per heavy atom. The Balaban J connectivity index is 1.83. The molecule has 1 fully saturated rings. The first kappa shape index (κ1) is 9.86. The van der Waals surface area contributed by atoms with Gasteiger partial charge in [0.2, 0.25) is 0 Å². The van der Waals surface area contributed by atoms with Gasteiger partial charge < -0.3 is 4.90 Å². The molecule has 80 valence electrons. The Bertz CT molecular complexity index is 371. The van der Waals surface area contributed by atoms with E-state index in [1.54, 1.807) is 11.1 Å². The van der Waals surface area contributed by atoms with Crippen LogP contribution < -0.4 is 0 Å². The van der Waals surface area contributed by atoms with Gasteiger partial charge in [-0.1, -0.05) is 28.1 Å². The average molecular weight is 266 g/mol. The standard InChI is InChI=1S/C13H16BrN/c14-12-4-1-3-10-5-6-11(13(10)12)9-15-7-2-8-15/h1,3-4,11H,2,5-9H2. The number of nitrogens with zero attached hydrogens (tertiary/aromatic N) is 1. The number of likely N-dealkylation sites (tertiary alicyclic amines) is 1. The number of hydrogen-bond donors (Lipinski definition) is 0. The summed E-state index contributed by atoms with van der Waals surface area (Å²) in [6, 6.07) is 6.64. The zero-order valence-corrected chi connectivity index (χ0v) is 10.5. The predicted octanol–water partition coefficient (Wildman–Crippen LogP) is 3.18. The van der Waals surface area contributed by atoms with Gasteiger partial charge in [-0.05, 0) is 55.5 Å². The summed E-state index contributed by atoms with van der Waals surface area (Å²) in [5.41, 5.74) is 3.15. The Labute approximate surface area is 99.6 Å². The molecule has 1 aliphatic heterocycles. The molecule has 1 heterocycles. The fraction of sp³-hybridized carbons (Fsp3) is 0.538. The minimum absolute atomic E-state index is 0.774. The lowest BCUT2D eigenvalue weighted by Gasteiger charge is -2.33. The number of benzene rings is 1. The molecule has 0 bridgehead atoms. The molecule has 0 amide bonds. The van der Waals surface area contributed by atoms with Crippen LogP contribution in [0.3, 0.4) is 0 Å². The fourth-order valence-corrected chi connectivity index (χ4v) is 3.52. The Hall–Kier alpha value is -0.340. The van der Waals surface area contributed by atoms with E-state index in [9.17, 15) is 0 Å². The molecule has 1 atom stereocenters. The summed E-state index contributed by atoms with van der Waals surface area (Å²) >= 11 is 3.70. The smallest absolute Gasteiger partial charge is 0.0213 e. The molecular formula is C13H16BrN. The van der Waals surface area contributed by atoms with Crippen LogP contribution in [0.2, 0.25) is 0 Å². The summed E-state index contributed by atoms with van der Waals surface area (Å²) in [7, 11) is 0. The van der Waals surface area contributed by atoms with E-state index in [1.807, 2.05) is 0 Å². The molecule has 3 rings (SSSR count). The monoisotopic (exact) mass is 265 g/mol. The van der Waals surface area contributed by atoms with Gasteiger partial charge in [-0.15, -0.1) is 0 Å². The quantitative estimate of drug-likeness (QED) is 0.794. The summed E-state index contributed by atoms with van der Waals surface area (Å²) in [4.78, 5) is 2.58. The van der Waals surface area contributed by atoms with Crippen LogP contribution in [-0.2, 0) is 6.42 Å². The first-order chi connectivity index (χ1) is 7.34. The Morgan fingerprint density at radius 3 is 2.93 bits per heavy atom. The second kappa shape index (κ2) is 3.91. The molecule has 1 unspecified atom stereocenters. The second-order valence-electron chi connectivity index (χ2n) is 4.70. The van der Waals surface area contributed by atoms with E-state index in [4.69, 9.17) is 0 Å². The number of hydrogen-bond acceptors (Lipinski definition) is 1. The van der Waals surface area contributed by atoms with Crippen LogP contribution in [-0.4, -0.2) is 24.5 Å². The highest BCUT2D eigenvalue weighted by molar-refractivity contribution is 9.10. The van der Waals surface area contributed by atoms with Gasteiger partial charge in [-0.3, -0.25) is 0 Å². The van der Waals surface area contributed by atoms with E-state index < -0.39 is 0 Å². The van der Waals surface area contributed by atoms with Crippen molar-refractivity contribution in [2.45, 2.75) is 25.2 Å². The SMILES string of the molecule is Brc1cccc2c1C(CN1CCC1)CC2. The minimum atomic E-state index is 0.774. The number of halogens is 1. The first-order valence-electron chi connectivity index (χ1n) is 5.84. The molecule has 0 N–H and O–H groups in total. The highest BCUT2D eigenvalue weighted by Gasteiger charge is 2.27. The molecule has 0 spiro atoms. The highest BCUT2D eigenvalue weighted by Crippen LogP contribution is 2.38.